The minimum atomic E-state index is 0.386. The SMILES string of the molecule is C1COC(COCC2CCNCC2)C1. The lowest BCUT2D eigenvalue weighted by Crippen LogP contribution is -2.30. The standard InChI is InChI=1S/C11H21NO2/c1-2-11(14-7-1)9-13-8-10-3-5-12-6-4-10/h10-12H,1-9H2. The maximum absolute atomic E-state index is 5.70. The first-order valence-electron chi connectivity index (χ1n) is 5.85. The van der Waals surface area contributed by atoms with Crippen LogP contribution in [0.1, 0.15) is 25.7 Å². The van der Waals surface area contributed by atoms with E-state index in [9.17, 15) is 0 Å². The molecule has 2 aliphatic rings. The number of nitrogens with one attached hydrogen (secondary N) is 1. The van der Waals surface area contributed by atoms with Crippen molar-refractivity contribution in [3.05, 3.63) is 0 Å². The number of ether oxygens (including phenoxy) is 2. The van der Waals surface area contributed by atoms with Gasteiger partial charge in [-0.15, -0.1) is 0 Å². The van der Waals surface area contributed by atoms with Gasteiger partial charge in [-0.25, -0.2) is 0 Å². The quantitative estimate of drug-likeness (QED) is 0.737. The van der Waals surface area contributed by atoms with Gasteiger partial charge in [-0.1, -0.05) is 0 Å². The Bertz CT molecular complexity index is 151. The number of rotatable bonds is 4. The fourth-order valence-corrected chi connectivity index (χ4v) is 2.19. The summed E-state index contributed by atoms with van der Waals surface area (Å²) in [6.45, 7) is 4.99. The molecule has 0 aromatic carbocycles. The topological polar surface area (TPSA) is 30.5 Å². The zero-order valence-corrected chi connectivity index (χ0v) is 8.84. The molecule has 0 bridgehead atoms. The van der Waals surface area contributed by atoms with Crippen LogP contribution in [0.4, 0.5) is 0 Å². The van der Waals surface area contributed by atoms with E-state index in [0.29, 0.717) is 6.10 Å². The molecule has 2 heterocycles. The van der Waals surface area contributed by atoms with Gasteiger partial charge in [-0.3, -0.25) is 0 Å². The zero-order chi connectivity index (χ0) is 9.64. The molecule has 0 aromatic rings. The summed E-state index contributed by atoms with van der Waals surface area (Å²) >= 11 is 0. The Kier molecular flexibility index (Phi) is 4.22. The molecule has 82 valence electrons. The summed E-state index contributed by atoms with van der Waals surface area (Å²) in [5.74, 6) is 0.776. The van der Waals surface area contributed by atoms with Crippen LogP contribution >= 0.6 is 0 Å². The highest BCUT2D eigenvalue weighted by Gasteiger charge is 2.17. The van der Waals surface area contributed by atoms with Gasteiger partial charge in [-0.2, -0.15) is 0 Å². The first-order chi connectivity index (χ1) is 6.95. The van der Waals surface area contributed by atoms with Crippen molar-refractivity contribution >= 4 is 0 Å². The lowest BCUT2D eigenvalue weighted by Gasteiger charge is -2.22. The average Bonchev–Trinajstić information content (AvgIpc) is 2.72. The van der Waals surface area contributed by atoms with E-state index in [-0.39, 0.29) is 0 Å². The van der Waals surface area contributed by atoms with E-state index >= 15 is 0 Å². The summed E-state index contributed by atoms with van der Waals surface area (Å²) in [5.41, 5.74) is 0. The molecular weight excluding hydrogens is 178 g/mol. The molecule has 1 N–H and O–H groups in total. The van der Waals surface area contributed by atoms with Crippen LogP contribution in [0.25, 0.3) is 0 Å². The first kappa shape index (κ1) is 10.4. The van der Waals surface area contributed by atoms with Gasteiger partial charge in [0.25, 0.3) is 0 Å². The predicted molar refractivity (Wildman–Crippen MR) is 55.4 cm³/mol. The van der Waals surface area contributed by atoms with E-state index in [2.05, 4.69) is 5.32 Å². The second kappa shape index (κ2) is 5.69. The van der Waals surface area contributed by atoms with Crippen molar-refractivity contribution in [2.45, 2.75) is 31.8 Å². The van der Waals surface area contributed by atoms with Gasteiger partial charge in [-0.05, 0) is 44.7 Å². The molecule has 0 spiro atoms. The molecule has 3 heteroatoms. The van der Waals surface area contributed by atoms with E-state index in [1.807, 2.05) is 0 Å². The maximum atomic E-state index is 5.70. The molecular formula is C11H21NO2. The third-order valence-corrected chi connectivity index (χ3v) is 3.14. The molecule has 0 amide bonds. The van der Waals surface area contributed by atoms with Gasteiger partial charge in [0.2, 0.25) is 0 Å². The largest absolute Gasteiger partial charge is 0.378 e. The van der Waals surface area contributed by atoms with Crippen molar-refractivity contribution < 1.29 is 9.47 Å². The van der Waals surface area contributed by atoms with Gasteiger partial charge in [0.05, 0.1) is 12.7 Å². The maximum Gasteiger partial charge on any atom is 0.0809 e. The minimum Gasteiger partial charge on any atom is -0.378 e. The monoisotopic (exact) mass is 199 g/mol. The number of hydrogen-bond acceptors (Lipinski definition) is 3. The zero-order valence-electron chi connectivity index (χ0n) is 8.84. The highest BCUT2D eigenvalue weighted by molar-refractivity contribution is 4.69. The molecule has 3 nitrogen and oxygen atoms in total. The predicted octanol–water partition coefficient (Wildman–Crippen LogP) is 1.18. The summed E-state index contributed by atoms with van der Waals surface area (Å²) in [6, 6.07) is 0. The minimum absolute atomic E-state index is 0.386. The Morgan fingerprint density at radius 2 is 2.00 bits per heavy atom. The fourth-order valence-electron chi connectivity index (χ4n) is 2.19. The lowest BCUT2D eigenvalue weighted by molar-refractivity contribution is 0.00188. The first-order valence-corrected chi connectivity index (χ1v) is 5.85. The normalized spacial score (nSPS) is 29.6. The van der Waals surface area contributed by atoms with Crippen LogP contribution in [-0.4, -0.2) is 39.0 Å². The molecule has 0 aromatic heterocycles. The van der Waals surface area contributed by atoms with E-state index in [1.165, 1.54) is 25.7 Å². The van der Waals surface area contributed by atoms with Crippen LogP contribution in [0.5, 0.6) is 0 Å². The van der Waals surface area contributed by atoms with E-state index in [0.717, 1.165) is 38.8 Å². The molecule has 2 rings (SSSR count). The van der Waals surface area contributed by atoms with E-state index < -0.39 is 0 Å². The van der Waals surface area contributed by atoms with Gasteiger partial charge < -0.3 is 14.8 Å². The van der Waals surface area contributed by atoms with Crippen LogP contribution in [0.15, 0.2) is 0 Å². The van der Waals surface area contributed by atoms with Crippen LogP contribution < -0.4 is 5.32 Å². The summed E-state index contributed by atoms with van der Waals surface area (Å²) < 4.78 is 11.2. The Balaban J connectivity index is 1.52. The molecule has 2 saturated heterocycles. The van der Waals surface area contributed by atoms with Crippen molar-refractivity contribution in [1.82, 2.24) is 5.32 Å². The Morgan fingerprint density at radius 1 is 1.14 bits per heavy atom. The van der Waals surface area contributed by atoms with Crippen molar-refractivity contribution in [3.8, 4) is 0 Å². The molecule has 2 aliphatic heterocycles. The molecule has 14 heavy (non-hydrogen) atoms. The fraction of sp³-hybridized carbons (Fsp3) is 1.00. The van der Waals surface area contributed by atoms with Gasteiger partial charge in [0, 0.05) is 13.2 Å². The van der Waals surface area contributed by atoms with Crippen LogP contribution in [0.2, 0.25) is 0 Å². The molecule has 2 fully saturated rings. The molecule has 0 radical (unpaired) electrons. The summed E-state index contributed by atoms with van der Waals surface area (Å²) in [7, 11) is 0. The summed E-state index contributed by atoms with van der Waals surface area (Å²) in [5, 5.41) is 3.37. The van der Waals surface area contributed by atoms with Crippen molar-refractivity contribution in [3.63, 3.8) is 0 Å². The molecule has 0 saturated carbocycles. The second-order valence-electron chi connectivity index (χ2n) is 4.37. The second-order valence-corrected chi connectivity index (χ2v) is 4.37. The third kappa shape index (κ3) is 3.23. The van der Waals surface area contributed by atoms with Crippen molar-refractivity contribution in [2.24, 2.45) is 5.92 Å². The van der Waals surface area contributed by atoms with Crippen molar-refractivity contribution in [1.29, 1.82) is 0 Å². The van der Waals surface area contributed by atoms with Gasteiger partial charge in [0.15, 0.2) is 0 Å². The highest BCUT2D eigenvalue weighted by atomic mass is 16.5. The summed E-state index contributed by atoms with van der Waals surface area (Å²) in [6.07, 6.45) is 5.32. The molecule has 0 aliphatic carbocycles. The highest BCUT2D eigenvalue weighted by Crippen LogP contribution is 2.15. The van der Waals surface area contributed by atoms with Crippen molar-refractivity contribution in [2.75, 3.05) is 32.9 Å². The summed E-state index contributed by atoms with van der Waals surface area (Å²) in [4.78, 5) is 0. The van der Waals surface area contributed by atoms with E-state index in [1.54, 1.807) is 0 Å². The lowest BCUT2D eigenvalue weighted by atomic mass is 9.99. The third-order valence-electron chi connectivity index (χ3n) is 3.14. The van der Waals surface area contributed by atoms with Crippen LogP contribution in [0.3, 0.4) is 0 Å². The molecule has 1 atom stereocenters. The molecule has 1 unspecified atom stereocenters. The van der Waals surface area contributed by atoms with Gasteiger partial charge >= 0.3 is 0 Å². The smallest absolute Gasteiger partial charge is 0.0809 e. The average molecular weight is 199 g/mol. The Hall–Kier alpha value is -0.120. The number of hydrogen-bond donors (Lipinski definition) is 1. The Morgan fingerprint density at radius 3 is 2.71 bits per heavy atom. The van der Waals surface area contributed by atoms with Crippen LogP contribution in [-0.2, 0) is 9.47 Å². The Labute approximate surface area is 86.2 Å². The van der Waals surface area contributed by atoms with E-state index in [4.69, 9.17) is 9.47 Å². The van der Waals surface area contributed by atoms with Gasteiger partial charge in [0.1, 0.15) is 0 Å². The van der Waals surface area contributed by atoms with Crippen LogP contribution in [0, 0.1) is 5.92 Å². The number of piperidine rings is 1.